The molecule has 0 radical (unpaired) electrons. The van der Waals surface area contributed by atoms with Crippen molar-refractivity contribution in [2.45, 2.75) is 26.3 Å². The van der Waals surface area contributed by atoms with E-state index in [9.17, 15) is 4.79 Å². The summed E-state index contributed by atoms with van der Waals surface area (Å²) in [6, 6.07) is 6.41. The predicted octanol–water partition coefficient (Wildman–Crippen LogP) is 4.10. The third-order valence-electron chi connectivity index (χ3n) is 4.17. The topological polar surface area (TPSA) is 32.3 Å². The van der Waals surface area contributed by atoms with Gasteiger partial charge in [-0.05, 0) is 56.4 Å². The summed E-state index contributed by atoms with van der Waals surface area (Å²) < 4.78 is 0. The highest BCUT2D eigenvalue weighted by Gasteiger charge is 2.28. The fourth-order valence-electron chi connectivity index (χ4n) is 2.76. The van der Waals surface area contributed by atoms with Crippen molar-refractivity contribution in [2.75, 3.05) is 18.2 Å². The maximum Gasteiger partial charge on any atom is 0.212 e. The third-order valence-corrected chi connectivity index (χ3v) is 5.40. The smallest absolute Gasteiger partial charge is 0.212 e. The molecule has 0 aliphatic carbocycles. The number of thioether (sulfide) groups is 1. The zero-order valence-electron chi connectivity index (χ0n) is 14.1. The van der Waals surface area contributed by atoms with E-state index in [1.54, 1.807) is 0 Å². The Morgan fingerprint density at radius 2 is 2.09 bits per heavy atom. The fourth-order valence-corrected chi connectivity index (χ4v) is 3.62. The molecule has 23 heavy (non-hydrogen) atoms. The largest absolute Gasteiger partial charge is 0.366 e. The van der Waals surface area contributed by atoms with Crippen molar-refractivity contribution in [1.82, 2.24) is 5.32 Å². The lowest BCUT2D eigenvalue weighted by molar-refractivity contribution is -0.108. The van der Waals surface area contributed by atoms with Crippen LogP contribution in [0.15, 0.2) is 29.2 Å². The Hall–Kier alpha value is -1.59. The van der Waals surface area contributed by atoms with E-state index in [-0.39, 0.29) is 5.54 Å². The number of nitrogens with zero attached hydrogens (tertiary/aromatic N) is 1. The van der Waals surface area contributed by atoms with Gasteiger partial charge in [-0.3, -0.25) is 4.79 Å². The minimum Gasteiger partial charge on any atom is -0.366 e. The lowest BCUT2D eigenvalue weighted by Crippen LogP contribution is -2.42. The van der Waals surface area contributed by atoms with E-state index in [2.05, 4.69) is 62.3 Å². The van der Waals surface area contributed by atoms with Crippen molar-refractivity contribution in [3.8, 4) is 0 Å². The summed E-state index contributed by atoms with van der Waals surface area (Å²) in [5, 5.41) is 2.55. The number of rotatable bonds is 4. The molecule has 0 atom stereocenters. The van der Waals surface area contributed by atoms with E-state index >= 15 is 0 Å². The van der Waals surface area contributed by atoms with Gasteiger partial charge in [0.15, 0.2) is 0 Å². The zero-order valence-corrected chi connectivity index (χ0v) is 15.8. The van der Waals surface area contributed by atoms with Crippen molar-refractivity contribution in [3.05, 3.63) is 40.3 Å². The van der Waals surface area contributed by atoms with Gasteiger partial charge in [-0.15, -0.1) is 11.8 Å². The van der Waals surface area contributed by atoms with Gasteiger partial charge in [0.25, 0.3) is 0 Å². The monoisotopic (exact) mass is 346 g/mol. The molecule has 0 aromatic heterocycles. The molecule has 0 saturated carbocycles. The molecule has 1 aliphatic rings. The second-order valence-electron chi connectivity index (χ2n) is 6.12. The van der Waals surface area contributed by atoms with Gasteiger partial charge < -0.3 is 10.2 Å². The van der Waals surface area contributed by atoms with E-state index < -0.39 is 0 Å². The number of nitrogens with one attached hydrogen (secondary N) is 1. The van der Waals surface area contributed by atoms with Crippen molar-refractivity contribution < 1.29 is 4.79 Å². The van der Waals surface area contributed by atoms with E-state index in [0.717, 1.165) is 10.5 Å². The molecular formula is C18H22N2OS2. The maximum atomic E-state index is 10.6. The zero-order chi connectivity index (χ0) is 17.2. The quantitative estimate of drug-likeness (QED) is 0.505. The Balaban J connectivity index is 2.44. The van der Waals surface area contributed by atoms with Crippen molar-refractivity contribution >= 4 is 52.7 Å². The molecule has 0 spiro atoms. The SMILES string of the molecule is CS/C(=C\c1ccc2c(c1)C(C)=CC(C)(C)N2C)C(=S)NC=O. The van der Waals surface area contributed by atoms with E-state index in [1.165, 1.54) is 28.6 Å². The first-order valence-electron chi connectivity index (χ1n) is 7.38. The average Bonchev–Trinajstić information content (AvgIpc) is 2.50. The highest BCUT2D eigenvalue weighted by atomic mass is 32.2. The van der Waals surface area contributed by atoms with Gasteiger partial charge in [0, 0.05) is 23.2 Å². The summed E-state index contributed by atoms with van der Waals surface area (Å²) in [6.07, 6.45) is 6.86. The standard InChI is InChI=1S/C18H22N2OS2/c1-12-10-18(2,3)20(4)15-7-6-13(8-14(12)15)9-16(23-5)17(22)19-11-21/h6-11H,1-5H3,(H,19,21,22)/b16-9-. The summed E-state index contributed by atoms with van der Waals surface area (Å²) >= 11 is 6.74. The van der Waals surface area contributed by atoms with Crippen LogP contribution < -0.4 is 10.2 Å². The second-order valence-corrected chi connectivity index (χ2v) is 7.38. The highest BCUT2D eigenvalue weighted by molar-refractivity contribution is 8.04. The highest BCUT2D eigenvalue weighted by Crippen LogP contribution is 2.38. The molecule has 1 N–H and O–H groups in total. The first-order chi connectivity index (χ1) is 10.8. The number of benzene rings is 1. The molecule has 0 fully saturated rings. The molecule has 0 saturated heterocycles. The molecule has 1 aromatic carbocycles. The van der Waals surface area contributed by atoms with Crippen LogP contribution in [-0.4, -0.2) is 30.2 Å². The van der Waals surface area contributed by atoms with Gasteiger partial charge >= 0.3 is 0 Å². The molecule has 122 valence electrons. The summed E-state index contributed by atoms with van der Waals surface area (Å²) in [5.41, 5.74) is 4.82. The number of thiocarbonyl (C=S) groups is 1. The van der Waals surface area contributed by atoms with E-state index in [4.69, 9.17) is 12.2 Å². The number of likely N-dealkylation sites (N-methyl/N-ethyl adjacent to an activating group) is 1. The summed E-state index contributed by atoms with van der Waals surface area (Å²) in [5.74, 6) is 0. The summed E-state index contributed by atoms with van der Waals surface area (Å²) in [6.45, 7) is 6.57. The van der Waals surface area contributed by atoms with Crippen LogP contribution in [0.1, 0.15) is 31.9 Å². The molecule has 0 unspecified atom stereocenters. The Morgan fingerprint density at radius 3 is 2.70 bits per heavy atom. The predicted molar refractivity (Wildman–Crippen MR) is 106 cm³/mol. The van der Waals surface area contributed by atoms with Gasteiger partial charge in [0.1, 0.15) is 4.99 Å². The number of carbonyl (C=O) groups is 1. The first-order valence-corrected chi connectivity index (χ1v) is 9.01. The van der Waals surface area contributed by atoms with Gasteiger partial charge in [-0.25, -0.2) is 0 Å². The van der Waals surface area contributed by atoms with Crippen LogP contribution in [0, 0.1) is 0 Å². The Morgan fingerprint density at radius 1 is 1.39 bits per heavy atom. The Bertz CT molecular complexity index is 705. The Kier molecular flexibility index (Phi) is 5.32. The number of hydrogen-bond acceptors (Lipinski definition) is 4. The minimum absolute atomic E-state index is 0.00825. The van der Waals surface area contributed by atoms with Crippen LogP contribution in [0.5, 0.6) is 0 Å². The van der Waals surface area contributed by atoms with Crippen molar-refractivity contribution in [3.63, 3.8) is 0 Å². The van der Waals surface area contributed by atoms with Crippen LogP contribution in [0.2, 0.25) is 0 Å². The normalized spacial score (nSPS) is 16.5. The van der Waals surface area contributed by atoms with Crippen LogP contribution in [0.25, 0.3) is 11.6 Å². The summed E-state index contributed by atoms with van der Waals surface area (Å²) in [4.78, 5) is 14.2. The van der Waals surface area contributed by atoms with Gasteiger partial charge in [0.2, 0.25) is 6.41 Å². The van der Waals surface area contributed by atoms with Gasteiger partial charge in [0.05, 0.1) is 5.54 Å². The number of anilines is 1. The van der Waals surface area contributed by atoms with Gasteiger partial charge in [-0.1, -0.05) is 24.4 Å². The van der Waals surface area contributed by atoms with Crippen LogP contribution in [-0.2, 0) is 4.79 Å². The number of hydrogen-bond donors (Lipinski definition) is 1. The van der Waals surface area contributed by atoms with Gasteiger partial charge in [-0.2, -0.15) is 0 Å². The van der Waals surface area contributed by atoms with Crippen LogP contribution in [0.3, 0.4) is 0 Å². The molecule has 5 heteroatoms. The second kappa shape index (κ2) is 6.89. The first kappa shape index (κ1) is 17.8. The van der Waals surface area contributed by atoms with E-state index in [0.29, 0.717) is 11.4 Å². The average molecular weight is 347 g/mol. The number of amides is 1. The molecular weight excluding hydrogens is 324 g/mol. The molecule has 0 bridgehead atoms. The lowest BCUT2D eigenvalue weighted by atomic mass is 9.88. The molecule has 2 rings (SSSR count). The molecule has 1 amide bonds. The van der Waals surface area contributed by atoms with Crippen molar-refractivity contribution in [2.24, 2.45) is 0 Å². The fraction of sp³-hybridized carbons (Fsp3) is 0.333. The number of allylic oxidation sites excluding steroid dienone is 1. The van der Waals surface area contributed by atoms with Crippen molar-refractivity contribution in [1.29, 1.82) is 0 Å². The van der Waals surface area contributed by atoms with Crippen LogP contribution >= 0.6 is 24.0 Å². The van der Waals surface area contributed by atoms with Crippen LogP contribution in [0.4, 0.5) is 5.69 Å². The molecule has 1 aliphatic heterocycles. The lowest BCUT2D eigenvalue weighted by Gasteiger charge is -2.40. The minimum atomic E-state index is 0.00825. The summed E-state index contributed by atoms with van der Waals surface area (Å²) in [7, 11) is 2.12. The maximum absolute atomic E-state index is 10.6. The third kappa shape index (κ3) is 3.67. The molecule has 1 heterocycles. The number of fused-ring (bicyclic) bond motifs is 1. The Labute approximate surface area is 147 Å². The van der Waals surface area contributed by atoms with E-state index in [1.807, 2.05) is 12.3 Å². The molecule has 3 nitrogen and oxygen atoms in total. The number of carbonyl (C=O) groups excluding carboxylic acids is 1. The molecule has 1 aromatic rings.